The van der Waals surface area contributed by atoms with Gasteiger partial charge < -0.3 is 19.7 Å². The number of methoxy groups -OCH3 is 1. The van der Waals surface area contributed by atoms with Gasteiger partial charge in [-0.1, -0.05) is 0 Å². The topological polar surface area (TPSA) is 95.1 Å². The lowest BCUT2D eigenvalue weighted by molar-refractivity contribution is -0.899. The van der Waals surface area contributed by atoms with Crippen LogP contribution in [0.2, 0.25) is 0 Å². The number of nitro benzene ring substituents is 1. The Morgan fingerprint density at radius 3 is 2.73 bits per heavy atom. The van der Waals surface area contributed by atoms with Gasteiger partial charge in [0.2, 0.25) is 0 Å². The van der Waals surface area contributed by atoms with Gasteiger partial charge in [-0.15, -0.1) is 0 Å². The largest absolute Gasteiger partial charge is 0.490 e. The molecule has 1 aromatic rings. The average Bonchev–Trinajstić information content (AvgIpc) is 2.49. The molecule has 2 N–H and O–H groups in total. The van der Waals surface area contributed by atoms with E-state index in [4.69, 9.17) is 9.47 Å². The average molecular weight is 310 g/mol. The zero-order valence-electron chi connectivity index (χ0n) is 12.7. The van der Waals surface area contributed by atoms with E-state index in [0.29, 0.717) is 31.0 Å². The molecule has 1 amide bonds. The Hall–Kier alpha value is -2.19. The smallest absolute Gasteiger partial charge is 0.311 e. The van der Waals surface area contributed by atoms with Crippen molar-refractivity contribution in [3.63, 3.8) is 0 Å². The number of morpholine rings is 1. The zero-order chi connectivity index (χ0) is 16.1. The molecule has 0 unspecified atom stereocenters. The number of aryl methyl sites for hydroxylation is 1. The van der Waals surface area contributed by atoms with E-state index in [1.165, 1.54) is 19.2 Å². The maximum Gasteiger partial charge on any atom is 0.311 e. The van der Waals surface area contributed by atoms with E-state index >= 15 is 0 Å². The van der Waals surface area contributed by atoms with Crippen molar-refractivity contribution in [1.29, 1.82) is 0 Å². The van der Waals surface area contributed by atoms with E-state index in [1.807, 2.05) is 0 Å². The van der Waals surface area contributed by atoms with Crippen LogP contribution in [0.5, 0.6) is 5.75 Å². The molecule has 8 nitrogen and oxygen atoms in total. The summed E-state index contributed by atoms with van der Waals surface area (Å²) in [5.74, 6) is 0.000487. The highest BCUT2D eigenvalue weighted by Gasteiger charge is 2.21. The van der Waals surface area contributed by atoms with Gasteiger partial charge in [0.25, 0.3) is 5.91 Å². The molecule has 1 fully saturated rings. The van der Waals surface area contributed by atoms with Crippen molar-refractivity contribution in [1.82, 2.24) is 0 Å². The predicted octanol–water partition coefficient (Wildman–Crippen LogP) is -0.235. The van der Waals surface area contributed by atoms with Crippen LogP contribution in [0.4, 0.5) is 11.4 Å². The summed E-state index contributed by atoms with van der Waals surface area (Å²) < 4.78 is 10.3. The molecule has 0 saturated carbocycles. The molecule has 8 heteroatoms. The molecule has 2 rings (SSSR count). The Morgan fingerprint density at radius 1 is 1.45 bits per heavy atom. The van der Waals surface area contributed by atoms with Crippen LogP contribution >= 0.6 is 0 Å². The number of carbonyl (C=O) groups is 1. The first kappa shape index (κ1) is 16.2. The van der Waals surface area contributed by atoms with E-state index in [9.17, 15) is 14.9 Å². The third-order valence-electron chi connectivity index (χ3n) is 3.61. The summed E-state index contributed by atoms with van der Waals surface area (Å²) >= 11 is 0. The SMILES string of the molecule is COc1cc(NC(=O)C[NH+]2CCOCC2)c(C)cc1[N+](=O)[O-]. The van der Waals surface area contributed by atoms with Gasteiger partial charge in [0.15, 0.2) is 12.3 Å². The third-order valence-corrected chi connectivity index (χ3v) is 3.61. The number of anilines is 1. The number of hydrogen-bond donors (Lipinski definition) is 2. The highest BCUT2D eigenvalue weighted by atomic mass is 16.6. The zero-order valence-corrected chi connectivity index (χ0v) is 12.7. The van der Waals surface area contributed by atoms with Crippen molar-refractivity contribution >= 4 is 17.3 Å². The van der Waals surface area contributed by atoms with Crippen LogP contribution in [-0.2, 0) is 9.53 Å². The van der Waals surface area contributed by atoms with Gasteiger partial charge in [-0.2, -0.15) is 0 Å². The summed E-state index contributed by atoms with van der Waals surface area (Å²) in [6, 6.07) is 2.88. The molecule has 1 aliphatic rings. The number of hydrogen-bond acceptors (Lipinski definition) is 5. The predicted molar refractivity (Wildman–Crippen MR) is 79.4 cm³/mol. The number of nitro groups is 1. The minimum atomic E-state index is -0.505. The highest BCUT2D eigenvalue weighted by Crippen LogP contribution is 2.32. The van der Waals surface area contributed by atoms with Crippen molar-refractivity contribution in [3.8, 4) is 5.75 Å². The number of nitrogens with zero attached hydrogens (tertiary/aromatic N) is 1. The fourth-order valence-corrected chi connectivity index (χ4v) is 2.37. The van der Waals surface area contributed by atoms with E-state index in [0.717, 1.165) is 18.0 Å². The first-order chi connectivity index (χ1) is 10.5. The minimum absolute atomic E-state index is 0.114. The lowest BCUT2D eigenvalue weighted by Gasteiger charge is -2.23. The summed E-state index contributed by atoms with van der Waals surface area (Å²) in [5.41, 5.74) is 1.04. The lowest BCUT2D eigenvalue weighted by Crippen LogP contribution is -3.15. The van der Waals surface area contributed by atoms with Crippen LogP contribution in [0.1, 0.15) is 5.56 Å². The first-order valence-corrected chi connectivity index (χ1v) is 7.05. The van der Waals surface area contributed by atoms with Crippen LogP contribution in [0.3, 0.4) is 0 Å². The van der Waals surface area contributed by atoms with E-state index in [1.54, 1.807) is 6.92 Å². The summed E-state index contributed by atoms with van der Waals surface area (Å²) in [5, 5.41) is 13.7. The monoisotopic (exact) mass is 310 g/mol. The Morgan fingerprint density at radius 2 is 2.14 bits per heavy atom. The number of carbonyl (C=O) groups excluding carboxylic acids is 1. The fourth-order valence-electron chi connectivity index (χ4n) is 2.37. The second-order valence-electron chi connectivity index (χ2n) is 5.18. The Kier molecular flexibility index (Phi) is 5.29. The summed E-state index contributed by atoms with van der Waals surface area (Å²) in [4.78, 5) is 23.7. The van der Waals surface area contributed by atoms with Gasteiger partial charge in [0.05, 0.1) is 25.2 Å². The number of benzene rings is 1. The van der Waals surface area contributed by atoms with Gasteiger partial charge in [0, 0.05) is 17.8 Å². The number of nitrogens with one attached hydrogen (secondary N) is 2. The van der Waals surface area contributed by atoms with Crippen LogP contribution in [0.15, 0.2) is 12.1 Å². The van der Waals surface area contributed by atoms with Crippen LogP contribution < -0.4 is 15.0 Å². The molecule has 1 heterocycles. The molecule has 1 aliphatic heterocycles. The molecule has 0 atom stereocenters. The molecular weight excluding hydrogens is 290 g/mol. The van der Waals surface area contributed by atoms with Crippen LogP contribution in [0.25, 0.3) is 0 Å². The van der Waals surface area contributed by atoms with Crippen molar-refractivity contribution in [2.75, 3.05) is 45.3 Å². The Balaban J connectivity index is 2.08. The van der Waals surface area contributed by atoms with Gasteiger partial charge in [-0.25, -0.2) is 0 Å². The standard InChI is InChI=1S/C14H19N3O5/c1-10-7-12(17(19)20)13(21-2)8-11(10)15-14(18)9-16-3-5-22-6-4-16/h7-8H,3-6,9H2,1-2H3,(H,15,18)/p+1. The lowest BCUT2D eigenvalue weighted by atomic mass is 10.1. The summed E-state index contributed by atoms with van der Waals surface area (Å²) in [6.45, 7) is 4.98. The molecule has 0 bridgehead atoms. The number of quaternary nitrogens is 1. The molecule has 0 radical (unpaired) electrons. The second-order valence-corrected chi connectivity index (χ2v) is 5.18. The van der Waals surface area contributed by atoms with Gasteiger partial charge in [-0.05, 0) is 12.5 Å². The van der Waals surface area contributed by atoms with E-state index in [2.05, 4.69) is 5.32 Å². The van der Waals surface area contributed by atoms with E-state index in [-0.39, 0.29) is 17.3 Å². The number of ether oxygens (including phenoxy) is 2. The molecule has 0 aromatic heterocycles. The van der Waals surface area contributed by atoms with E-state index < -0.39 is 4.92 Å². The molecule has 0 aliphatic carbocycles. The number of rotatable bonds is 5. The van der Waals surface area contributed by atoms with Gasteiger partial charge >= 0.3 is 5.69 Å². The third kappa shape index (κ3) is 3.92. The van der Waals surface area contributed by atoms with Crippen molar-refractivity contribution < 1.29 is 24.1 Å². The maximum absolute atomic E-state index is 12.1. The van der Waals surface area contributed by atoms with Crippen LogP contribution in [0, 0.1) is 17.0 Å². The van der Waals surface area contributed by atoms with Gasteiger partial charge in [-0.3, -0.25) is 14.9 Å². The normalized spacial score (nSPS) is 15.4. The molecule has 120 valence electrons. The number of amides is 1. The summed E-state index contributed by atoms with van der Waals surface area (Å²) in [7, 11) is 1.36. The maximum atomic E-state index is 12.1. The minimum Gasteiger partial charge on any atom is -0.490 e. The Bertz CT molecular complexity index is 570. The second kappa shape index (κ2) is 7.19. The molecule has 1 saturated heterocycles. The fraction of sp³-hybridized carbons (Fsp3) is 0.500. The molecule has 0 spiro atoms. The molecule has 22 heavy (non-hydrogen) atoms. The molecular formula is C14H20N3O5+. The Labute approximate surface area is 128 Å². The van der Waals surface area contributed by atoms with Crippen LogP contribution in [-0.4, -0.2) is 50.8 Å². The van der Waals surface area contributed by atoms with Crippen molar-refractivity contribution in [3.05, 3.63) is 27.8 Å². The summed E-state index contributed by atoms with van der Waals surface area (Å²) in [6.07, 6.45) is 0. The highest BCUT2D eigenvalue weighted by molar-refractivity contribution is 5.92. The molecule has 1 aromatic carbocycles. The quantitative estimate of drug-likeness (QED) is 0.578. The van der Waals surface area contributed by atoms with Crippen molar-refractivity contribution in [2.24, 2.45) is 0 Å². The first-order valence-electron chi connectivity index (χ1n) is 7.05. The van der Waals surface area contributed by atoms with Gasteiger partial charge in [0.1, 0.15) is 13.1 Å². The van der Waals surface area contributed by atoms with Crippen molar-refractivity contribution in [2.45, 2.75) is 6.92 Å².